The molecule has 0 spiro atoms. The molecule has 0 saturated carbocycles. The Morgan fingerprint density at radius 3 is 2.44 bits per heavy atom. The Morgan fingerprint density at radius 1 is 1.06 bits per heavy atom. The molecule has 2 aromatic carbocycles. The minimum absolute atomic E-state index is 0.213. The molecule has 3 aromatic rings. The largest absolute Gasteiger partial charge is 0.492 e. The second kappa shape index (κ2) is 7.94. The van der Waals surface area contributed by atoms with E-state index in [0.717, 1.165) is 29.1 Å². The number of hydrogen-bond acceptors (Lipinski definition) is 4. The lowest BCUT2D eigenvalue weighted by Crippen LogP contribution is -2.18. The van der Waals surface area contributed by atoms with Gasteiger partial charge in [0.1, 0.15) is 11.6 Å². The number of rotatable bonds is 5. The number of aromatic nitrogens is 1. The van der Waals surface area contributed by atoms with Gasteiger partial charge in [-0.3, -0.25) is 9.52 Å². The Labute approximate surface area is 185 Å². The standard InChI is InChI=1S/C24H23FN2O4S/c1-24(2)14-31-22-19(20-12-17(25)13-26-23(20)28)10-16(11-21(22)24)5-4-15-6-8-18(9-7-15)27-32(3,29)30/h4-13,27H,14H2,1-3H3,(H,26,28)/b5-4+. The van der Waals surface area contributed by atoms with Gasteiger partial charge in [-0.2, -0.15) is 0 Å². The summed E-state index contributed by atoms with van der Waals surface area (Å²) in [6, 6.07) is 12.0. The van der Waals surface area contributed by atoms with Gasteiger partial charge in [-0.25, -0.2) is 12.8 Å². The Hall–Kier alpha value is -3.39. The number of nitrogens with one attached hydrogen (secondary N) is 2. The fraction of sp³-hybridized carbons (Fsp3) is 0.208. The van der Waals surface area contributed by atoms with Crippen molar-refractivity contribution in [3.63, 3.8) is 0 Å². The maximum atomic E-state index is 13.9. The molecule has 32 heavy (non-hydrogen) atoms. The van der Waals surface area contributed by atoms with Crippen molar-refractivity contribution in [2.45, 2.75) is 19.3 Å². The number of benzene rings is 2. The van der Waals surface area contributed by atoms with Gasteiger partial charge < -0.3 is 9.72 Å². The molecule has 1 aromatic heterocycles. The van der Waals surface area contributed by atoms with E-state index >= 15 is 0 Å². The lowest BCUT2D eigenvalue weighted by Gasteiger charge is -2.16. The van der Waals surface area contributed by atoms with Crippen LogP contribution in [0, 0.1) is 5.82 Å². The quantitative estimate of drug-likeness (QED) is 0.560. The summed E-state index contributed by atoms with van der Waals surface area (Å²) in [4.78, 5) is 14.8. The number of sulfonamides is 1. The maximum Gasteiger partial charge on any atom is 0.256 e. The molecule has 2 N–H and O–H groups in total. The fourth-order valence-corrected chi connectivity index (χ4v) is 4.23. The summed E-state index contributed by atoms with van der Waals surface area (Å²) < 4.78 is 44.9. The van der Waals surface area contributed by atoms with E-state index in [1.807, 2.05) is 18.2 Å². The van der Waals surface area contributed by atoms with E-state index in [4.69, 9.17) is 4.74 Å². The van der Waals surface area contributed by atoms with E-state index < -0.39 is 21.4 Å². The maximum absolute atomic E-state index is 13.9. The summed E-state index contributed by atoms with van der Waals surface area (Å²) in [6.45, 7) is 4.57. The monoisotopic (exact) mass is 454 g/mol. The van der Waals surface area contributed by atoms with Crippen LogP contribution in [0.5, 0.6) is 5.75 Å². The molecular weight excluding hydrogens is 431 g/mol. The summed E-state index contributed by atoms with van der Waals surface area (Å²) in [5.74, 6) is 0.0637. The first-order valence-electron chi connectivity index (χ1n) is 9.98. The number of halogens is 1. The number of hydrogen-bond donors (Lipinski definition) is 2. The van der Waals surface area contributed by atoms with Crippen LogP contribution in [0.1, 0.15) is 30.5 Å². The smallest absolute Gasteiger partial charge is 0.256 e. The van der Waals surface area contributed by atoms with Crippen LogP contribution in [0.2, 0.25) is 0 Å². The minimum Gasteiger partial charge on any atom is -0.492 e. The van der Waals surface area contributed by atoms with Gasteiger partial charge in [0.2, 0.25) is 10.0 Å². The Morgan fingerprint density at radius 2 is 1.75 bits per heavy atom. The second-order valence-corrected chi connectivity index (χ2v) is 10.3. The van der Waals surface area contributed by atoms with E-state index in [1.54, 1.807) is 30.3 Å². The summed E-state index contributed by atoms with van der Waals surface area (Å²) >= 11 is 0. The molecule has 0 atom stereocenters. The van der Waals surface area contributed by atoms with Crippen molar-refractivity contribution < 1.29 is 17.5 Å². The second-order valence-electron chi connectivity index (χ2n) is 8.51. The third kappa shape index (κ3) is 4.60. The average molecular weight is 455 g/mol. The molecule has 0 unspecified atom stereocenters. The Balaban J connectivity index is 1.74. The van der Waals surface area contributed by atoms with Gasteiger partial charge in [0.15, 0.2) is 0 Å². The molecule has 4 rings (SSSR count). The van der Waals surface area contributed by atoms with E-state index in [0.29, 0.717) is 23.6 Å². The van der Waals surface area contributed by atoms with Crippen LogP contribution in [0.25, 0.3) is 23.3 Å². The summed E-state index contributed by atoms with van der Waals surface area (Å²) in [5, 5.41) is 0. The topological polar surface area (TPSA) is 88.3 Å². The number of H-pyrrole nitrogens is 1. The first kappa shape index (κ1) is 21.8. The van der Waals surface area contributed by atoms with Crippen LogP contribution in [0.3, 0.4) is 0 Å². The van der Waals surface area contributed by atoms with Crippen molar-refractivity contribution in [3.8, 4) is 16.9 Å². The highest BCUT2D eigenvalue weighted by molar-refractivity contribution is 7.92. The number of fused-ring (bicyclic) bond motifs is 1. The zero-order valence-corrected chi connectivity index (χ0v) is 18.7. The predicted octanol–water partition coefficient (Wildman–Crippen LogP) is 4.39. The predicted molar refractivity (Wildman–Crippen MR) is 125 cm³/mol. The first-order valence-corrected chi connectivity index (χ1v) is 11.9. The molecule has 0 saturated heterocycles. The molecule has 0 amide bonds. The van der Waals surface area contributed by atoms with Gasteiger partial charge in [0.25, 0.3) is 5.56 Å². The zero-order valence-electron chi connectivity index (χ0n) is 17.9. The fourth-order valence-electron chi connectivity index (χ4n) is 3.66. The lowest BCUT2D eigenvalue weighted by atomic mass is 9.84. The number of anilines is 1. The van der Waals surface area contributed by atoms with Crippen molar-refractivity contribution in [1.29, 1.82) is 0 Å². The number of ether oxygens (including phenoxy) is 1. The van der Waals surface area contributed by atoms with E-state index in [9.17, 15) is 17.6 Å². The molecule has 6 nitrogen and oxygen atoms in total. The SMILES string of the molecule is CC1(C)COc2c(-c3cc(F)c[nH]c3=O)cc(/C=C/c3ccc(NS(C)(=O)=O)cc3)cc21. The van der Waals surface area contributed by atoms with Gasteiger partial charge in [-0.1, -0.05) is 38.1 Å². The van der Waals surface area contributed by atoms with E-state index in [-0.39, 0.29) is 11.0 Å². The molecule has 0 bridgehead atoms. The van der Waals surface area contributed by atoms with Crippen LogP contribution in [-0.2, 0) is 15.4 Å². The van der Waals surface area contributed by atoms with Crippen LogP contribution < -0.4 is 15.0 Å². The van der Waals surface area contributed by atoms with Crippen LogP contribution >= 0.6 is 0 Å². The molecule has 8 heteroatoms. The van der Waals surface area contributed by atoms with Crippen molar-refractivity contribution in [1.82, 2.24) is 4.98 Å². The normalized spacial score (nSPS) is 14.9. The molecular formula is C24H23FN2O4S. The van der Waals surface area contributed by atoms with Gasteiger partial charge >= 0.3 is 0 Å². The third-order valence-electron chi connectivity index (χ3n) is 5.26. The molecule has 1 aliphatic rings. The molecule has 1 aliphatic heterocycles. The summed E-state index contributed by atoms with van der Waals surface area (Å²) in [5.41, 5.74) is 3.24. The Kier molecular flexibility index (Phi) is 5.42. The highest BCUT2D eigenvalue weighted by Crippen LogP contribution is 2.45. The van der Waals surface area contributed by atoms with Crippen molar-refractivity contribution in [2.24, 2.45) is 0 Å². The molecule has 0 fully saturated rings. The third-order valence-corrected chi connectivity index (χ3v) is 5.86. The van der Waals surface area contributed by atoms with E-state index in [2.05, 4.69) is 23.6 Å². The van der Waals surface area contributed by atoms with Gasteiger partial charge in [0.05, 0.1) is 18.4 Å². The zero-order chi connectivity index (χ0) is 23.1. The number of aromatic amines is 1. The highest BCUT2D eigenvalue weighted by Gasteiger charge is 2.34. The molecule has 0 radical (unpaired) electrons. The lowest BCUT2D eigenvalue weighted by molar-refractivity contribution is 0.292. The minimum atomic E-state index is -3.33. The van der Waals surface area contributed by atoms with E-state index in [1.165, 1.54) is 6.07 Å². The summed E-state index contributed by atoms with van der Waals surface area (Å²) in [7, 11) is -3.33. The van der Waals surface area contributed by atoms with Crippen LogP contribution in [-0.4, -0.2) is 26.3 Å². The van der Waals surface area contributed by atoms with Gasteiger partial charge in [-0.05, 0) is 41.5 Å². The van der Waals surface area contributed by atoms with Crippen LogP contribution in [0.4, 0.5) is 10.1 Å². The average Bonchev–Trinajstić information content (AvgIpc) is 3.02. The number of pyridine rings is 1. The summed E-state index contributed by atoms with van der Waals surface area (Å²) in [6.07, 6.45) is 5.91. The van der Waals surface area contributed by atoms with Crippen LogP contribution in [0.15, 0.2) is 53.5 Å². The highest BCUT2D eigenvalue weighted by atomic mass is 32.2. The molecule has 2 heterocycles. The van der Waals surface area contributed by atoms with Crippen molar-refractivity contribution in [3.05, 3.63) is 81.5 Å². The molecule has 166 valence electrons. The van der Waals surface area contributed by atoms with Crippen molar-refractivity contribution >= 4 is 27.9 Å². The van der Waals surface area contributed by atoms with Gasteiger partial charge in [-0.15, -0.1) is 0 Å². The first-order chi connectivity index (χ1) is 15.0. The van der Waals surface area contributed by atoms with Crippen molar-refractivity contribution in [2.75, 3.05) is 17.6 Å². The Bertz CT molecular complexity index is 1370. The van der Waals surface area contributed by atoms with Gasteiger partial charge in [0, 0.05) is 28.4 Å². The molecule has 0 aliphatic carbocycles.